The maximum absolute atomic E-state index is 14.0. The number of sulfonamides is 1. The lowest BCUT2D eigenvalue weighted by atomic mass is 10.2. The van der Waals surface area contributed by atoms with E-state index in [-0.39, 0.29) is 49.3 Å². The molecule has 0 N–H and O–H groups in total. The second-order valence-electron chi connectivity index (χ2n) is 7.11. The first kappa shape index (κ1) is 20.9. The van der Waals surface area contributed by atoms with Gasteiger partial charge in [0.25, 0.3) is 5.91 Å². The van der Waals surface area contributed by atoms with Gasteiger partial charge in [-0.05, 0) is 24.3 Å². The summed E-state index contributed by atoms with van der Waals surface area (Å²) >= 11 is 6.14. The molecule has 0 bridgehead atoms. The summed E-state index contributed by atoms with van der Waals surface area (Å²) in [6.45, 7) is 0.711. The number of rotatable bonds is 4. The van der Waals surface area contributed by atoms with Gasteiger partial charge in [-0.1, -0.05) is 35.9 Å². The van der Waals surface area contributed by atoms with E-state index in [1.165, 1.54) is 22.5 Å². The maximum Gasteiger partial charge on any atom is 0.251 e. The van der Waals surface area contributed by atoms with Crippen molar-refractivity contribution in [2.24, 2.45) is 0 Å². The molecule has 2 aliphatic rings. The Morgan fingerprint density at radius 3 is 2.23 bits per heavy atom. The zero-order valence-electron chi connectivity index (χ0n) is 15.9. The van der Waals surface area contributed by atoms with Crippen LogP contribution in [-0.4, -0.2) is 61.7 Å². The SMILES string of the molecule is O=C1C[C@@H](N2CCN(S(=O)(=O)c3ccccc3F)CC2)C(=O)N1c1ccccc1Cl. The average Bonchev–Trinajstić information content (AvgIpc) is 3.03. The molecule has 0 radical (unpaired) electrons. The Bertz CT molecular complexity index is 1100. The van der Waals surface area contributed by atoms with Crippen molar-refractivity contribution in [3.63, 3.8) is 0 Å². The molecule has 2 fully saturated rings. The minimum atomic E-state index is -3.97. The number of para-hydroxylation sites is 1. The molecule has 1 atom stereocenters. The molecule has 4 rings (SSSR count). The third kappa shape index (κ3) is 3.62. The fraction of sp³-hybridized carbons (Fsp3) is 0.300. The van der Waals surface area contributed by atoms with Crippen LogP contribution in [0.5, 0.6) is 0 Å². The Morgan fingerprint density at radius 2 is 1.57 bits per heavy atom. The van der Waals surface area contributed by atoms with Crippen LogP contribution in [0.25, 0.3) is 0 Å². The second-order valence-corrected chi connectivity index (χ2v) is 9.42. The molecular weight excluding hydrogens is 433 g/mol. The van der Waals surface area contributed by atoms with Crippen molar-refractivity contribution in [2.45, 2.75) is 17.4 Å². The third-order valence-electron chi connectivity index (χ3n) is 5.38. The molecule has 2 aliphatic heterocycles. The minimum Gasteiger partial charge on any atom is -0.289 e. The van der Waals surface area contributed by atoms with E-state index in [2.05, 4.69) is 0 Å². The number of piperazine rings is 1. The first-order valence-corrected chi connectivity index (χ1v) is 11.2. The van der Waals surface area contributed by atoms with Crippen molar-refractivity contribution < 1.29 is 22.4 Å². The van der Waals surface area contributed by atoms with Gasteiger partial charge in [0, 0.05) is 26.2 Å². The van der Waals surface area contributed by atoms with Gasteiger partial charge in [0.2, 0.25) is 15.9 Å². The smallest absolute Gasteiger partial charge is 0.251 e. The zero-order chi connectivity index (χ0) is 21.5. The van der Waals surface area contributed by atoms with Crippen LogP contribution in [0.4, 0.5) is 10.1 Å². The molecule has 158 valence electrons. The predicted octanol–water partition coefficient (Wildman–Crippen LogP) is 2.12. The molecule has 2 aromatic carbocycles. The van der Waals surface area contributed by atoms with Gasteiger partial charge >= 0.3 is 0 Å². The molecule has 0 spiro atoms. The predicted molar refractivity (Wildman–Crippen MR) is 109 cm³/mol. The molecule has 30 heavy (non-hydrogen) atoms. The number of halogens is 2. The Morgan fingerprint density at radius 1 is 0.933 bits per heavy atom. The Labute approximate surface area is 178 Å². The first-order chi connectivity index (χ1) is 14.3. The first-order valence-electron chi connectivity index (χ1n) is 9.41. The summed E-state index contributed by atoms with van der Waals surface area (Å²) in [5.41, 5.74) is 0.345. The van der Waals surface area contributed by atoms with Gasteiger partial charge in [0.05, 0.1) is 23.2 Å². The second kappa shape index (κ2) is 8.07. The number of amides is 2. The van der Waals surface area contributed by atoms with Gasteiger partial charge in [0.15, 0.2) is 0 Å². The van der Waals surface area contributed by atoms with E-state index in [0.717, 1.165) is 11.0 Å². The van der Waals surface area contributed by atoms with Gasteiger partial charge in [-0.25, -0.2) is 17.7 Å². The molecule has 0 unspecified atom stereocenters. The number of imide groups is 1. The molecule has 2 saturated heterocycles. The van der Waals surface area contributed by atoms with Crippen LogP contribution in [-0.2, 0) is 19.6 Å². The lowest BCUT2D eigenvalue weighted by molar-refractivity contribution is -0.123. The van der Waals surface area contributed by atoms with Crippen LogP contribution in [0.3, 0.4) is 0 Å². The normalized spacial score (nSPS) is 21.4. The molecular formula is C20H19ClFN3O4S. The van der Waals surface area contributed by atoms with Crippen LogP contribution in [0, 0.1) is 5.82 Å². The van der Waals surface area contributed by atoms with E-state index < -0.39 is 21.9 Å². The Kier molecular flexibility index (Phi) is 5.63. The van der Waals surface area contributed by atoms with Gasteiger partial charge in [-0.3, -0.25) is 14.5 Å². The third-order valence-corrected chi connectivity index (χ3v) is 7.64. The monoisotopic (exact) mass is 451 g/mol. The summed E-state index contributed by atoms with van der Waals surface area (Å²) in [6.07, 6.45) is 0.00409. The molecule has 2 amide bonds. The molecule has 0 saturated carbocycles. The van der Waals surface area contributed by atoms with Gasteiger partial charge in [-0.15, -0.1) is 0 Å². The standard InChI is InChI=1S/C20H19ClFN3O4S/c21-14-5-1-3-7-16(14)25-19(26)13-17(20(25)27)23-9-11-24(12-10-23)30(28,29)18-8-4-2-6-15(18)22/h1-8,17H,9-13H2/t17-/m1/s1. The summed E-state index contributed by atoms with van der Waals surface area (Å²) in [7, 11) is -3.97. The summed E-state index contributed by atoms with van der Waals surface area (Å²) in [5, 5.41) is 0.306. The van der Waals surface area contributed by atoms with Gasteiger partial charge in [-0.2, -0.15) is 4.31 Å². The summed E-state index contributed by atoms with van der Waals surface area (Å²) in [4.78, 5) is 28.0. The molecule has 0 aliphatic carbocycles. The van der Waals surface area contributed by atoms with Crippen molar-refractivity contribution >= 4 is 39.1 Å². The molecule has 2 aromatic rings. The Balaban J connectivity index is 1.47. The van der Waals surface area contributed by atoms with Crippen LogP contribution >= 0.6 is 11.6 Å². The molecule has 0 aromatic heterocycles. The van der Waals surface area contributed by atoms with E-state index in [1.54, 1.807) is 29.2 Å². The summed E-state index contributed by atoms with van der Waals surface area (Å²) in [6, 6.07) is 11.2. The van der Waals surface area contributed by atoms with Crippen molar-refractivity contribution in [3.05, 3.63) is 59.4 Å². The van der Waals surface area contributed by atoms with E-state index in [1.807, 2.05) is 0 Å². The van der Waals surface area contributed by atoms with E-state index in [9.17, 15) is 22.4 Å². The number of anilines is 1. The highest BCUT2D eigenvalue weighted by Crippen LogP contribution is 2.32. The van der Waals surface area contributed by atoms with E-state index in [4.69, 9.17) is 11.6 Å². The van der Waals surface area contributed by atoms with Gasteiger partial charge < -0.3 is 0 Å². The largest absolute Gasteiger partial charge is 0.289 e. The highest BCUT2D eigenvalue weighted by atomic mass is 35.5. The lowest BCUT2D eigenvalue weighted by Gasteiger charge is -2.36. The fourth-order valence-electron chi connectivity index (χ4n) is 3.84. The number of carbonyl (C=O) groups excluding carboxylic acids is 2. The van der Waals surface area contributed by atoms with Crippen LogP contribution in [0.2, 0.25) is 5.02 Å². The number of benzene rings is 2. The Hall–Kier alpha value is -2.33. The highest BCUT2D eigenvalue weighted by molar-refractivity contribution is 7.89. The molecule has 10 heteroatoms. The number of nitrogens with zero attached hydrogens (tertiary/aromatic N) is 3. The average molecular weight is 452 g/mol. The summed E-state index contributed by atoms with van der Waals surface area (Å²) < 4.78 is 40.7. The zero-order valence-corrected chi connectivity index (χ0v) is 17.4. The molecule has 2 heterocycles. The fourth-order valence-corrected chi connectivity index (χ4v) is 5.54. The number of hydrogen-bond donors (Lipinski definition) is 0. The van der Waals surface area contributed by atoms with Crippen molar-refractivity contribution in [3.8, 4) is 0 Å². The van der Waals surface area contributed by atoms with Crippen LogP contribution in [0.1, 0.15) is 6.42 Å². The minimum absolute atomic E-state index is 0.00409. The lowest BCUT2D eigenvalue weighted by Crippen LogP contribution is -2.53. The van der Waals surface area contributed by atoms with Crippen molar-refractivity contribution in [1.82, 2.24) is 9.21 Å². The van der Waals surface area contributed by atoms with Gasteiger partial charge in [0.1, 0.15) is 10.7 Å². The van der Waals surface area contributed by atoms with E-state index >= 15 is 0 Å². The topological polar surface area (TPSA) is 78.0 Å². The maximum atomic E-state index is 14.0. The van der Waals surface area contributed by atoms with Crippen molar-refractivity contribution in [2.75, 3.05) is 31.1 Å². The quantitative estimate of drug-likeness (QED) is 0.665. The van der Waals surface area contributed by atoms with Crippen LogP contribution in [0.15, 0.2) is 53.4 Å². The summed E-state index contributed by atoms with van der Waals surface area (Å²) in [5.74, 6) is -1.52. The highest BCUT2D eigenvalue weighted by Gasteiger charge is 2.44. The van der Waals surface area contributed by atoms with Crippen molar-refractivity contribution in [1.29, 1.82) is 0 Å². The van der Waals surface area contributed by atoms with E-state index in [0.29, 0.717) is 10.7 Å². The molecule has 7 nitrogen and oxygen atoms in total. The number of hydrogen-bond acceptors (Lipinski definition) is 5. The number of carbonyl (C=O) groups is 2. The van der Waals surface area contributed by atoms with Crippen LogP contribution < -0.4 is 4.90 Å².